The maximum Gasteiger partial charge on any atom is -0.147 e. The first-order chi connectivity index (χ1) is 6.31. The molecule has 1 aliphatic rings. The summed E-state index contributed by atoms with van der Waals surface area (Å²) in [5.74, 6) is 1.08. The summed E-state index contributed by atoms with van der Waals surface area (Å²) >= 11 is 1.86. The molecule has 2 rings (SSSR count). The number of rotatable bonds is 1. The smallest absolute Gasteiger partial charge is 0.147 e. The van der Waals surface area contributed by atoms with Crippen molar-refractivity contribution in [3.63, 3.8) is 0 Å². The molecule has 0 radical (unpaired) electrons. The third-order valence-electron chi connectivity index (χ3n) is 2.70. The van der Waals surface area contributed by atoms with Crippen molar-refractivity contribution in [3.05, 3.63) is 29.3 Å². The zero-order valence-corrected chi connectivity index (χ0v) is 11.6. The summed E-state index contributed by atoms with van der Waals surface area (Å²) in [5.41, 5.74) is 2.94. The van der Waals surface area contributed by atoms with Crippen molar-refractivity contribution in [2.75, 3.05) is 7.11 Å². The van der Waals surface area contributed by atoms with Crippen molar-refractivity contribution in [2.45, 2.75) is 24.0 Å². The van der Waals surface area contributed by atoms with Crippen LogP contribution >= 0.6 is 12.4 Å². The Morgan fingerprint density at radius 1 is 1.43 bits per heavy atom. The fraction of sp³-hybridized carbons (Fsp3) is 0.455. The van der Waals surface area contributed by atoms with Crippen molar-refractivity contribution >= 4 is 29.3 Å². The minimum Gasteiger partial charge on any atom is -0.147 e. The number of benzene rings is 1. The van der Waals surface area contributed by atoms with Gasteiger partial charge in [-0.15, -0.1) is 12.4 Å². The number of aryl methyl sites for hydroxylation is 1. The molecule has 0 spiro atoms. The topological polar surface area (TPSA) is 9.23 Å². The molecule has 1 aromatic carbocycles. The molecule has 0 amide bonds. The molecule has 0 saturated heterocycles. The van der Waals surface area contributed by atoms with Crippen molar-refractivity contribution in [2.24, 2.45) is 0 Å². The first-order valence-electron chi connectivity index (χ1n) is 4.71. The van der Waals surface area contributed by atoms with E-state index in [4.69, 9.17) is 4.74 Å². The Hall–Kier alpha value is -0.132. The second-order valence-corrected chi connectivity index (χ2v) is 5.58. The first-order valence-corrected chi connectivity index (χ1v) is 6.11. The molecule has 0 N–H and O–H groups in total. The Morgan fingerprint density at radius 2 is 2.21 bits per heavy atom. The largest absolute Gasteiger partial charge is 0.147 e. The number of ether oxygens (including phenoxy) is 1. The molecule has 0 bridgehead atoms. The van der Waals surface area contributed by atoms with Crippen LogP contribution in [0.25, 0.3) is 0 Å². The molecule has 1 nitrogen and oxygen atoms in total. The zero-order valence-electron chi connectivity index (χ0n) is 8.32. The van der Waals surface area contributed by atoms with Crippen LogP contribution in [0, 0.1) is 0 Å². The van der Waals surface area contributed by atoms with Gasteiger partial charge in [-0.1, -0.05) is 0 Å². The van der Waals surface area contributed by atoms with Gasteiger partial charge in [-0.25, -0.2) is 0 Å². The maximum atomic E-state index is 5.37. The summed E-state index contributed by atoms with van der Waals surface area (Å²) in [7, 11) is 1.76. The van der Waals surface area contributed by atoms with Gasteiger partial charge in [0.2, 0.25) is 0 Å². The van der Waals surface area contributed by atoms with E-state index in [-0.39, 0.29) is 12.4 Å². The van der Waals surface area contributed by atoms with Crippen LogP contribution in [-0.4, -0.2) is 24.0 Å². The predicted octanol–water partition coefficient (Wildman–Crippen LogP) is 2.03. The molecule has 0 fully saturated rings. The molecule has 0 aliphatic heterocycles. The number of fused-ring (bicyclic) bond motifs is 1. The molecule has 1 aromatic rings. The van der Waals surface area contributed by atoms with Gasteiger partial charge in [-0.05, 0) is 0 Å². The monoisotopic (exact) mass is 274 g/mol. The standard InChI is InChI=1S/C11H15AsO.ClH/c1-13-11-4-2-3-8-5-6-9(12)7-10(8)11;/h2-4,9H,5-7,12H2,1H3;1H/t9-;/m0./s1. The molecule has 2 atom stereocenters. The van der Waals surface area contributed by atoms with Gasteiger partial charge in [-0.3, -0.25) is 0 Å². The van der Waals surface area contributed by atoms with E-state index < -0.39 is 0 Å². The minimum atomic E-state index is 0. The Kier molecular flexibility index (Phi) is 4.34. The third-order valence-corrected chi connectivity index (χ3v) is 3.89. The fourth-order valence-electron chi connectivity index (χ4n) is 1.97. The second-order valence-electron chi connectivity index (χ2n) is 3.60. The maximum absolute atomic E-state index is 5.37. The first kappa shape index (κ1) is 11.9. The van der Waals surface area contributed by atoms with Crippen molar-refractivity contribution in [1.29, 1.82) is 0 Å². The van der Waals surface area contributed by atoms with Gasteiger partial charge in [0.1, 0.15) is 0 Å². The molecule has 0 heterocycles. The van der Waals surface area contributed by atoms with E-state index in [0.717, 1.165) is 10.5 Å². The second kappa shape index (κ2) is 5.09. The summed E-state index contributed by atoms with van der Waals surface area (Å²) in [6, 6.07) is 6.40. The normalized spacial score (nSPS) is 19.4. The van der Waals surface area contributed by atoms with Gasteiger partial charge < -0.3 is 0 Å². The quantitative estimate of drug-likeness (QED) is 0.712. The molecule has 1 aliphatic carbocycles. The average Bonchev–Trinajstić information content (AvgIpc) is 2.17. The summed E-state index contributed by atoms with van der Waals surface area (Å²) < 4.78 is 6.24. The molecular formula is C11H16AsClO. The van der Waals surface area contributed by atoms with Crippen LogP contribution in [0.5, 0.6) is 5.75 Å². The molecule has 1 unspecified atom stereocenters. The van der Waals surface area contributed by atoms with Crippen LogP contribution in [-0.2, 0) is 12.8 Å². The van der Waals surface area contributed by atoms with E-state index in [0.29, 0.717) is 0 Å². The van der Waals surface area contributed by atoms with Gasteiger partial charge in [-0.2, -0.15) is 0 Å². The van der Waals surface area contributed by atoms with E-state index in [1.54, 1.807) is 7.11 Å². The van der Waals surface area contributed by atoms with Crippen LogP contribution in [0.4, 0.5) is 0 Å². The Bertz CT molecular complexity index is 300. The van der Waals surface area contributed by atoms with Crippen LogP contribution in [0.2, 0.25) is 4.71 Å². The Balaban J connectivity index is 0.000000980. The third kappa shape index (κ3) is 2.27. The van der Waals surface area contributed by atoms with Crippen LogP contribution < -0.4 is 4.74 Å². The van der Waals surface area contributed by atoms with Gasteiger partial charge >= 0.3 is 87.7 Å². The number of hydrogen-bond acceptors (Lipinski definition) is 1. The molecule has 14 heavy (non-hydrogen) atoms. The number of hydrogen-bond donors (Lipinski definition) is 0. The predicted molar refractivity (Wildman–Crippen MR) is 64.6 cm³/mol. The van der Waals surface area contributed by atoms with Crippen molar-refractivity contribution in [3.8, 4) is 5.75 Å². The molecule has 78 valence electrons. The van der Waals surface area contributed by atoms with Gasteiger partial charge in [0.05, 0.1) is 0 Å². The van der Waals surface area contributed by atoms with Gasteiger partial charge in [0.25, 0.3) is 0 Å². The van der Waals surface area contributed by atoms with E-state index in [9.17, 15) is 0 Å². The van der Waals surface area contributed by atoms with E-state index in [2.05, 4.69) is 18.2 Å². The Morgan fingerprint density at radius 3 is 2.93 bits per heavy atom. The van der Waals surface area contributed by atoms with Crippen LogP contribution in [0.15, 0.2) is 18.2 Å². The number of methoxy groups -OCH3 is 1. The van der Waals surface area contributed by atoms with Gasteiger partial charge in [0.15, 0.2) is 0 Å². The SMILES string of the molecule is COc1cccc2c1C[C@@H]([AsH2])CC2.Cl. The van der Waals surface area contributed by atoms with E-state index in [1.807, 2.05) is 16.9 Å². The molecule has 0 saturated carbocycles. The zero-order chi connectivity index (χ0) is 9.26. The molecular weight excluding hydrogens is 258 g/mol. The summed E-state index contributed by atoms with van der Waals surface area (Å²) in [5, 5.41) is 0. The number of halogens is 1. The summed E-state index contributed by atoms with van der Waals surface area (Å²) in [4.78, 5) is 0. The van der Waals surface area contributed by atoms with E-state index >= 15 is 0 Å². The van der Waals surface area contributed by atoms with Crippen molar-refractivity contribution in [1.82, 2.24) is 0 Å². The van der Waals surface area contributed by atoms with Crippen LogP contribution in [0.3, 0.4) is 0 Å². The fourth-order valence-corrected chi connectivity index (χ4v) is 2.82. The van der Waals surface area contributed by atoms with Crippen LogP contribution in [0.1, 0.15) is 17.5 Å². The minimum absolute atomic E-state index is 0. The van der Waals surface area contributed by atoms with E-state index in [1.165, 1.54) is 30.4 Å². The molecule has 3 heteroatoms. The average molecular weight is 275 g/mol. The van der Waals surface area contributed by atoms with Gasteiger partial charge in [0, 0.05) is 0 Å². The Labute approximate surface area is 100 Å². The van der Waals surface area contributed by atoms with Crippen molar-refractivity contribution < 1.29 is 4.74 Å². The summed E-state index contributed by atoms with van der Waals surface area (Å²) in [6.07, 6.45) is 3.79. The molecule has 0 aromatic heterocycles. The summed E-state index contributed by atoms with van der Waals surface area (Å²) in [6.45, 7) is 0.